The van der Waals surface area contributed by atoms with Crippen LogP contribution < -0.4 is 9.47 Å². The van der Waals surface area contributed by atoms with E-state index in [0.29, 0.717) is 23.7 Å². The van der Waals surface area contributed by atoms with Crippen LogP contribution in [0.5, 0.6) is 11.5 Å². The monoisotopic (exact) mass is 398 g/mol. The summed E-state index contributed by atoms with van der Waals surface area (Å²) in [4.78, 5) is 29.8. The molecule has 0 bridgehead atoms. The first-order valence-corrected chi connectivity index (χ1v) is 9.81. The molecule has 0 saturated heterocycles. The molecule has 0 fully saturated rings. The molecule has 2 aromatic carbocycles. The number of amides is 1. The second-order valence-corrected chi connectivity index (χ2v) is 7.31. The van der Waals surface area contributed by atoms with Gasteiger partial charge < -0.3 is 14.4 Å². The summed E-state index contributed by atoms with van der Waals surface area (Å²) in [7, 11) is 1.74. The average molecular weight is 398 g/mol. The number of aldehydes is 1. The van der Waals surface area contributed by atoms with Crippen molar-refractivity contribution in [1.82, 2.24) is 9.88 Å². The Labute approximate surface area is 167 Å². The number of hydrogen-bond acceptors (Lipinski definition) is 6. The number of carbonyl (C=O) groups is 2. The van der Waals surface area contributed by atoms with Crippen LogP contribution in [0.15, 0.2) is 42.5 Å². The summed E-state index contributed by atoms with van der Waals surface area (Å²) in [6.45, 7) is 4.09. The third-order valence-electron chi connectivity index (χ3n) is 4.40. The van der Waals surface area contributed by atoms with Crippen molar-refractivity contribution in [2.75, 3.05) is 20.3 Å². The molecule has 0 spiro atoms. The minimum atomic E-state index is -0.173. The number of hydrogen-bond donors (Lipinski definition) is 0. The Hall–Kier alpha value is -2.93. The topological polar surface area (TPSA) is 68.7 Å². The van der Waals surface area contributed by atoms with Gasteiger partial charge in [0.1, 0.15) is 11.3 Å². The molecule has 6 nitrogen and oxygen atoms in total. The largest absolute Gasteiger partial charge is 0.490 e. The van der Waals surface area contributed by atoms with Gasteiger partial charge in [0, 0.05) is 12.6 Å². The van der Waals surface area contributed by atoms with Crippen LogP contribution >= 0.6 is 11.3 Å². The predicted octanol–water partition coefficient (Wildman–Crippen LogP) is 4.11. The lowest BCUT2D eigenvalue weighted by molar-refractivity contribution is -0.134. The number of benzene rings is 2. The number of nitrogens with zero attached hydrogens (tertiary/aromatic N) is 2. The van der Waals surface area contributed by atoms with Crippen LogP contribution in [-0.4, -0.2) is 42.3 Å². The van der Waals surface area contributed by atoms with Gasteiger partial charge in [0.2, 0.25) is 0 Å². The highest BCUT2D eigenvalue weighted by molar-refractivity contribution is 7.18. The second-order valence-electron chi connectivity index (χ2n) is 6.25. The molecule has 3 aromatic rings. The number of thiazole rings is 1. The van der Waals surface area contributed by atoms with E-state index in [4.69, 9.17) is 9.47 Å². The third-order valence-corrected chi connectivity index (χ3v) is 5.60. The highest BCUT2D eigenvalue weighted by atomic mass is 32.1. The minimum Gasteiger partial charge on any atom is -0.490 e. The fraction of sp³-hybridized carbons (Fsp3) is 0.286. The highest BCUT2D eigenvalue weighted by Crippen LogP contribution is 2.30. The van der Waals surface area contributed by atoms with E-state index in [2.05, 4.69) is 4.98 Å². The predicted molar refractivity (Wildman–Crippen MR) is 109 cm³/mol. The van der Waals surface area contributed by atoms with Crippen LogP contribution in [0, 0.1) is 0 Å². The van der Waals surface area contributed by atoms with Gasteiger partial charge in [-0.1, -0.05) is 12.1 Å². The fourth-order valence-electron chi connectivity index (χ4n) is 2.68. The molecule has 0 N–H and O–H groups in total. The minimum absolute atomic E-state index is 0.133. The van der Waals surface area contributed by atoms with Crippen LogP contribution in [-0.2, 0) is 4.79 Å². The molecule has 1 amide bonds. The van der Waals surface area contributed by atoms with Gasteiger partial charge in [0.25, 0.3) is 5.91 Å². The van der Waals surface area contributed by atoms with Gasteiger partial charge >= 0.3 is 0 Å². The zero-order valence-electron chi connectivity index (χ0n) is 16.0. The van der Waals surface area contributed by atoms with Gasteiger partial charge in [-0.05, 0) is 44.2 Å². The van der Waals surface area contributed by atoms with Crippen molar-refractivity contribution < 1.29 is 19.1 Å². The average Bonchev–Trinajstić information content (AvgIpc) is 3.15. The van der Waals surface area contributed by atoms with Crippen molar-refractivity contribution in [3.05, 3.63) is 53.0 Å². The molecule has 146 valence electrons. The van der Waals surface area contributed by atoms with Crippen LogP contribution in [0.3, 0.4) is 0 Å². The van der Waals surface area contributed by atoms with Crippen molar-refractivity contribution in [2.45, 2.75) is 19.9 Å². The summed E-state index contributed by atoms with van der Waals surface area (Å²) in [6.07, 6.45) is 0.741. The van der Waals surface area contributed by atoms with E-state index >= 15 is 0 Å². The SMILES string of the molecule is CCOc1cc(C=O)ccc1OCC(=O)N(C)[C@@H](C)c1nc2ccccc2s1. The number of carbonyl (C=O) groups excluding carboxylic acids is 2. The zero-order valence-corrected chi connectivity index (χ0v) is 16.9. The normalized spacial score (nSPS) is 11.8. The van der Waals surface area contributed by atoms with E-state index in [-0.39, 0.29) is 18.6 Å². The molecule has 0 aliphatic rings. The summed E-state index contributed by atoms with van der Waals surface area (Å²) < 4.78 is 12.3. The smallest absolute Gasteiger partial charge is 0.260 e. The first kappa shape index (κ1) is 19.8. The van der Waals surface area contributed by atoms with Crippen molar-refractivity contribution in [3.63, 3.8) is 0 Å². The van der Waals surface area contributed by atoms with E-state index in [1.807, 2.05) is 38.1 Å². The molecule has 0 aliphatic carbocycles. The lowest BCUT2D eigenvalue weighted by Gasteiger charge is -2.23. The van der Waals surface area contributed by atoms with E-state index in [9.17, 15) is 9.59 Å². The molecule has 0 aliphatic heterocycles. The summed E-state index contributed by atoms with van der Waals surface area (Å²) in [5.41, 5.74) is 1.42. The van der Waals surface area contributed by atoms with Gasteiger partial charge in [0.15, 0.2) is 18.1 Å². The Morgan fingerprint density at radius 1 is 1.21 bits per heavy atom. The first-order chi connectivity index (χ1) is 13.5. The van der Waals surface area contributed by atoms with E-state index in [1.54, 1.807) is 41.5 Å². The molecule has 3 rings (SSSR count). The molecule has 0 radical (unpaired) electrons. The number of likely N-dealkylation sites (N-methyl/N-ethyl adjacent to an activating group) is 1. The van der Waals surface area contributed by atoms with Crippen molar-refractivity contribution in [2.24, 2.45) is 0 Å². The standard InChI is InChI=1S/C21H22N2O4S/c1-4-26-18-11-15(12-24)9-10-17(18)27-13-20(25)23(3)14(2)21-22-16-7-5-6-8-19(16)28-21/h5-12,14H,4,13H2,1-3H3/t14-/m0/s1. The molecule has 28 heavy (non-hydrogen) atoms. The lowest BCUT2D eigenvalue weighted by atomic mass is 10.2. The number of rotatable bonds is 8. The number of ether oxygens (including phenoxy) is 2. The zero-order chi connectivity index (χ0) is 20.1. The molecular formula is C21H22N2O4S. The van der Waals surface area contributed by atoms with Gasteiger partial charge in [-0.15, -0.1) is 11.3 Å². The summed E-state index contributed by atoms with van der Waals surface area (Å²) in [5, 5.41) is 0.877. The quantitative estimate of drug-likeness (QED) is 0.534. The van der Waals surface area contributed by atoms with Crippen LogP contribution in [0.2, 0.25) is 0 Å². The third kappa shape index (κ3) is 4.31. The number of aromatic nitrogens is 1. The molecule has 0 saturated carbocycles. The molecule has 1 heterocycles. The molecule has 0 unspecified atom stereocenters. The van der Waals surface area contributed by atoms with Gasteiger partial charge in [-0.3, -0.25) is 9.59 Å². The maximum Gasteiger partial charge on any atom is 0.260 e. The number of para-hydroxylation sites is 1. The molecule has 7 heteroatoms. The Kier molecular flexibility index (Phi) is 6.26. The maximum absolute atomic E-state index is 12.6. The molecule has 1 aromatic heterocycles. The Balaban J connectivity index is 1.67. The lowest BCUT2D eigenvalue weighted by Crippen LogP contribution is -2.33. The second kappa shape index (κ2) is 8.84. The van der Waals surface area contributed by atoms with Crippen LogP contribution in [0.4, 0.5) is 0 Å². The van der Waals surface area contributed by atoms with Gasteiger partial charge in [0.05, 0.1) is 22.9 Å². The maximum atomic E-state index is 12.6. The molecular weight excluding hydrogens is 376 g/mol. The van der Waals surface area contributed by atoms with E-state index in [1.165, 1.54) is 0 Å². The summed E-state index contributed by atoms with van der Waals surface area (Å²) in [5.74, 6) is 0.706. The Morgan fingerprint density at radius 3 is 2.71 bits per heavy atom. The number of fused-ring (bicyclic) bond motifs is 1. The van der Waals surface area contributed by atoms with Crippen molar-refractivity contribution in [3.8, 4) is 11.5 Å². The first-order valence-electron chi connectivity index (χ1n) is 8.99. The Morgan fingerprint density at radius 2 is 2.00 bits per heavy atom. The van der Waals surface area contributed by atoms with Crippen molar-refractivity contribution >= 4 is 33.7 Å². The van der Waals surface area contributed by atoms with Crippen molar-refractivity contribution in [1.29, 1.82) is 0 Å². The van der Waals surface area contributed by atoms with E-state index < -0.39 is 0 Å². The highest BCUT2D eigenvalue weighted by Gasteiger charge is 2.21. The van der Waals surface area contributed by atoms with Crippen LogP contribution in [0.25, 0.3) is 10.2 Å². The van der Waals surface area contributed by atoms with Gasteiger partial charge in [-0.2, -0.15) is 0 Å². The Bertz CT molecular complexity index is 952. The summed E-state index contributed by atoms with van der Waals surface area (Å²) >= 11 is 1.58. The van der Waals surface area contributed by atoms with Gasteiger partial charge in [-0.25, -0.2) is 4.98 Å². The van der Waals surface area contributed by atoms with Crippen LogP contribution in [0.1, 0.15) is 35.3 Å². The summed E-state index contributed by atoms with van der Waals surface area (Å²) in [6, 6.07) is 12.6. The fourth-order valence-corrected chi connectivity index (χ4v) is 3.74. The molecule has 1 atom stereocenters. The van der Waals surface area contributed by atoms with E-state index in [0.717, 1.165) is 21.5 Å².